The van der Waals surface area contributed by atoms with Crippen LogP contribution in [0.2, 0.25) is 0 Å². The normalized spacial score (nSPS) is 33.2. The second-order valence-electron chi connectivity index (χ2n) is 6.80. The second-order valence-corrected chi connectivity index (χ2v) is 6.80. The van der Waals surface area contributed by atoms with Gasteiger partial charge in [-0.15, -0.1) is 0 Å². The minimum absolute atomic E-state index is 0.161. The molecule has 0 amide bonds. The molecule has 2 fully saturated rings. The van der Waals surface area contributed by atoms with Crippen LogP contribution < -0.4 is 0 Å². The van der Waals surface area contributed by atoms with Gasteiger partial charge in [-0.3, -0.25) is 0 Å². The van der Waals surface area contributed by atoms with Crippen molar-refractivity contribution >= 4 is 0 Å². The molecule has 20 heavy (non-hydrogen) atoms. The van der Waals surface area contributed by atoms with Crippen LogP contribution in [0.1, 0.15) is 62.5 Å². The fourth-order valence-corrected chi connectivity index (χ4v) is 4.30. The van der Waals surface area contributed by atoms with Gasteiger partial charge < -0.3 is 0 Å². The zero-order valence-corrected chi connectivity index (χ0v) is 12.1. The molecule has 106 valence electrons. The van der Waals surface area contributed by atoms with E-state index in [1.165, 1.54) is 38.5 Å². The standard InChI is InChI=1S/C18H22FN/c1-12-2-3-14-9-15(5-4-13(14)8-12)16-6-7-17(11-20)18(19)10-16/h6-7,10,12-15H,2-5,8-9H2,1H3. The highest BCUT2D eigenvalue weighted by molar-refractivity contribution is 5.35. The van der Waals surface area contributed by atoms with Gasteiger partial charge >= 0.3 is 0 Å². The second kappa shape index (κ2) is 5.56. The topological polar surface area (TPSA) is 23.8 Å². The lowest BCUT2D eigenvalue weighted by Gasteiger charge is -2.41. The third kappa shape index (κ3) is 2.59. The summed E-state index contributed by atoms with van der Waals surface area (Å²) in [5, 5.41) is 8.81. The summed E-state index contributed by atoms with van der Waals surface area (Å²) >= 11 is 0. The molecule has 0 bridgehead atoms. The average molecular weight is 271 g/mol. The number of benzene rings is 1. The molecule has 0 heterocycles. The van der Waals surface area contributed by atoms with E-state index in [9.17, 15) is 4.39 Å². The molecule has 0 saturated heterocycles. The SMILES string of the molecule is CC1CCC2CC(c3ccc(C#N)c(F)c3)CCC2C1. The molecule has 1 nitrogen and oxygen atoms in total. The van der Waals surface area contributed by atoms with Gasteiger partial charge in [0.1, 0.15) is 11.9 Å². The molecule has 0 aromatic heterocycles. The Balaban J connectivity index is 1.73. The van der Waals surface area contributed by atoms with E-state index in [2.05, 4.69) is 6.92 Å². The van der Waals surface area contributed by atoms with Crippen LogP contribution in [0.15, 0.2) is 18.2 Å². The molecule has 2 saturated carbocycles. The Bertz CT molecular complexity index is 531. The number of fused-ring (bicyclic) bond motifs is 1. The minimum Gasteiger partial charge on any atom is -0.206 e. The summed E-state index contributed by atoms with van der Waals surface area (Å²) in [5.41, 5.74) is 1.26. The molecule has 0 N–H and O–H groups in total. The van der Waals surface area contributed by atoms with E-state index in [0.717, 1.165) is 23.3 Å². The highest BCUT2D eigenvalue weighted by Crippen LogP contribution is 2.47. The fraction of sp³-hybridized carbons (Fsp3) is 0.611. The number of nitriles is 1. The lowest BCUT2D eigenvalue weighted by atomic mass is 9.64. The van der Waals surface area contributed by atoms with E-state index in [-0.39, 0.29) is 11.4 Å². The Morgan fingerprint density at radius 3 is 2.60 bits per heavy atom. The summed E-state index contributed by atoms with van der Waals surface area (Å²) < 4.78 is 13.8. The first kappa shape index (κ1) is 13.6. The number of nitrogens with zero attached hydrogens (tertiary/aromatic N) is 1. The largest absolute Gasteiger partial charge is 0.206 e. The predicted molar refractivity (Wildman–Crippen MR) is 77.7 cm³/mol. The van der Waals surface area contributed by atoms with Gasteiger partial charge in [0.05, 0.1) is 5.56 Å². The van der Waals surface area contributed by atoms with E-state index in [1.54, 1.807) is 12.1 Å². The molecular formula is C18H22FN. The van der Waals surface area contributed by atoms with E-state index in [0.29, 0.717) is 5.92 Å². The van der Waals surface area contributed by atoms with E-state index in [4.69, 9.17) is 5.26 Å². The quantitative estimate of drug-likeness (QED) is 0.703. The van der Waals surface area contributed by atoms with Crippen LogP contribution in [0.3, 0.4) is 0 Å². The van der Waals surface area contributed by atoms with Crippen LogP contribution in [0.4, 0.5) is 4.39 Å². The first-order chi connectivity index (χ1) is 9.67. The smallest absolute Gasteiger partial charge is 0.141 e. The summed E-state index contributed by atoms with van der Waals surface area (Å²) in [6.07, 6.45) is 7.78. The number of rotatable bonds is 1. The van der Waals surface area contributed by atoms with Crippen molar-refractivity contribution in [2.45, 2.75) is 51.4 Å². The van der Waals surface area contributed by atoms with Gasteiger partial charge in [0, 0.05) is 0 Å². The number of halogens is 1. The van der Waals surface area contributed by atoms with E-state index < -0.39 is 0 Å². The van der Waals surface area contributed by atoms with Gasteiger partial charge in [0.2, 0.25) is 0 Å². The third-order valence-electron chi connectivity index (χ3n) is 5.46. The van der Waals surface area contributed by atoms with Gasteiger partial charge in [-0.05, 0) is 73.5 Å². The van der Waals surface area contributed by atoms with Crippen LogP contribution in [0.5, 0.6) is 0 Å². The van der Waals surface area contributed by atoms with Crippen molar-refractivity contribution in [2.75, 3.05) is 0 Å². The van der Waals surface area contributed by atoms with Crippen molar-refractivity contribution in [1.82, 2.24) is 0 Å². The van der Waals surface area contributed by atoms with Crippen molar-refractivity contribution in [2.24, 2.45) is 17.8 Å². The molecule has 1 aromatic carbocycles. The molecular weight excluding hydrogens is 249 g/mol. The molecule has 3 rings (SSSR count). The molecule has 1 aromatic rings. The predicted octanol–water partition coefficient (Wildman–Crippen LogP) is 5.02. The fourth-order valence-electron chi connectivity index (χ4n) is 4.30. The van der Waals surface area contributed by atoms with E-state index in [1.807, 2.05) is 12.1 Å². The highest BCUT2D eigenvalue weighted by Gasteiger charge is 2.34. The molecule has 2 heteroatoms. The Morgan fingerprint density at radius 1 is 1.10 bits per heavy atom. The summed E-state index contributed by atoms with van der Waals surface area (Å²) in [6, 6.07) is 7.09. The Hall–Kier alpha value is -1.36. The summed E-state index contributed by atoms with van der Waals surface area (Å²) in [5.74, 6) is 2.76. The Morgan fingerprint density at radius 2 is 1.85 bits per heavy atom. The highest BCUT2D eigenvalue weighted by atomic mass is 19.1. The van der Waals surface area contributed by atoms with Crippen molar-refractivity contribution in [3.63, 3.8) is 0 Å². The van der Waals surface area contributed by atoms with Crippen LogP contribution in [-0.4, -0.2) is 0 Å². The summed E-state index contributed by atoms with van der Waals surface area (Å²) in [4.78, 5) is 0. The number of hydrogen-bond donors (Lipinski definition) is 0. The van der Waals surface area contributed by atoms with Gasteiger partial charge in [0.25, 0.3) is 0 Å². The van der Waals surface area contributed by atoms with Crippen molar-refractivity contribution in [3.8, 4) is 6.07 Å². The molecule has 0 aliphatic heterocycles. The maximum Gasteiger partial charge on any atom is 0.141 e. The molecule has 4 unspecified atom stereocenters. The molecule has 0 radical (unpaired) electrons. The average Bonchev–Trinajstić information content (AvgIpc) is 2.46. The first-order valence-corrected chi connectivity index (χ1v) is 7.87. The van der Waals surface area contributed by atoms with Crippen LogP contribution >= 0.6 is 0 Å². The maximum absolute atomic E-state index is 13.8. The van der Waals surface area contributed by atoms with Gasteiger partial charge in [-0.2, -0.15) is 5.26 Å². The molecule has 2 aliphatic rings. The maximum atomic E-state index is 13.8. The zero-order valence-electron chi connectivity index (χ0n) is 12.1. The monoisotopic (exact) mass is 271 g/mol. The zero-order chi connectivity index (χ0) is 14.1. The van der Waals surface area contributed by atoms with Crippen molar-refractivity contribution < 1.29 is 4.39 Å². The van der Waals surface area contributed by atoms with Crippen LogP contribution in [0, 0.1) is 34.9 Å². The third-order valence-corrected chi connectivity index (χ3v) is 5.46. The lowest BCUT2D eigenvalue weighted by molar-refractivity contribution is 0.124. The van der Waals surface area contributed by atoms with Gasteiger partial charge in [0.15, 0.2) is 0 Å². The van der Waals surface area contributed by atoms with Gasteiger partial charge in [-0.25, -0.2) is 4.39 Å². The minimum atomic E-state index is -0.357. The first-order valence-electron chi connectivity index (χ1n) is 7.87. The van der Waals surface area contributed by atoms with Crippen molar-refractivity contribution in [3.05, 3.63) is 35.1 Å². The molecule has 2 aliphatic carbocycles. The Kier molecular flexibility index (Phi) is 3.78. The number of hydrogen-bond acceptors (Lipinski definition) is 1. The summed E-state index contributed by atoms with van der Waals surface area (Å²) in [7, 11) is 0. The Labute approximate surface area is 120 Å². The van der Waals surface area contributed by atoms with Crippen molar-refractivity contribution in [1.29, 1.82) is 5.26 Å². The molecule has 4 atom stereocenters. The van der Waals surface area contributed by atoms with Gasteiger partial charge in [-0.1, -0.05) is 19.4 Å². The molecule has 0 spiro atoms. The van der Waals surface area contributed by atoms with Crippen LogP contribution in [0.25, 0.3) is 0 Å². The lowest BCUT2D eigenvalue weighted by Crippen LogP contribution is -2.29. The van der Waals surface area contributed by atoms with E-state index >= 15 is 0 Å². The summed E-state index contributed by atoms with van der Waals surface area (Å²) in [6.45, 7) is 2.37. The van der Waals surface area contributed by atoms with Crippen LogP contribution in [-0.2, 0) is 0 Å².